The minimum atomic E-state index is 0.593. The number of aromatic nitrogens is 1. The molecule has 0 saturated carbocycles. The highest BCUT2D eigenvalue weighted by Gasteiger charge is 2.24. The van der Waals surface area contributed by atoms with Crippen molar-refractivity contribution in [3.63, 3.8) is 0 Å². The molecule has 3 N–H and O–H groups in total. The van der Waals surface area contributed by atoms with Gasteiger partial charge in [-0.25, -0.2) is 4.98 Å². The van der Waals surface area contributed by atoms with Gasteiger partial charge in [0.05, 0.1) is 17.9 Å². The first kappa shape index (κ1) is 13.4. The number of pyridine rings is 1. The van der Waals surface area contributed by atoms with E-state index in [1.165, 1.54) is 16.7 Å². The highest BCUT2D eigenvalue weighted by atomic mass is 15.2. The summed E-state index contributed by atoms with van der Waals surface area (Å²) in [6.45, 7) is 10.9. The first-order valence-corrected chi connectivity index (χ1v) is 6.79. The van der Waals surface area contributed by atoms with E-state index < -0.39 is 0 Å². The molecule has 0 fully saturated rings. The zero-order chi connectivity index (χ0) is 15.0. The second-order valence-electron chi connectivity index (χ2n) is 5.20. The van der Waals surface area contributed by atoms with Crippen molar-refractivity contribution in [3.8, 4) is 0 Å². The highest BCUT2D eigenvalue weighted by Crippen LogP contribution is 2.35. The molecule has 1 aliphatic heterocycles. The van der Waals surface area contributed by atoms with Crippen molar-refractivity contribution in [2.75, 3.05) is 4.90 Å². The Morgan fingerprint density at radius 2 is 2.14 bits per heavy atom. The van der Waals surface area contributed by atoms with E-state index >= 15 is 0 Å². The third kappa shape index (κ3) is 2.30. The van der Waals surface area contributed by atoms with Crippen LogP contribution < -0.4 is 16.2 Å². The molecule has 0 atom stereocenters. The van der Waals surface area contributed by atoms with Gasteiger partial charge in [-0.1, -0.05) is 36.9 Å². The Hall–Kier alpha value is -2.59. The molecule has 1 aromatic heterocycles. The second kappa shape index (κ2) is 5.07. The molecule has 0 amide bonds. The fraction of sp³-hybridized carbons (Fsp3) is 0.118. The largest absolute Gasteiger partial charge is 0.323 e. The van der Waals surface area contributed by atoms with Crippen LogP contribution in [0.4, 0.5) is 5.82 Å². The Labute approximate surface area is 124 Å². The number of benzene rings is 1. The van der Waals surface area contributed by atoms with Gasteiger partial charge in [0.2, 0.25) is 0 Å². The minimum Gasteiger partial charge on any atom is -0.323 e. The molecule has 0 radical (unpaired) electrons. The van der Waals surface area contributed by atoms with Crippen molar-refractivity contribution < 1.29 is 0 Å². The molecule has 0 saturated heterocycles. The second-order valence-corrected chi connectivity index (χ2v) is 5.20. The molecular weight excluding hydrogens is 260 g/mol. The average Bonchev–Trinajstić information content (AvgIpc) is 2.83. The summed E-state index contributed by atoms with van der Waals surface area (Å²) in [4.78, 5) is 6.71. The number of hydrogen-bond acceptors (Lipinski definition) is 4. The van der Waals surface area contributed by atoms with Crippen LogP contribution in [-0.2, 0) is 6.54 Å². The van der Waals surface area contributed by atoms with E-state index in [9.17, 15) is 0 Å². The van der Waals surface area contributed by atoms with E-state index in [-0.39, 0.29) is 0 Å². The predicted octanol–water partition coefficient (Wildman–Crippen LogP) is 2.81. The molecule has 1 aliphatic rings. The van der Waals surface area contributed by atoms with Crippen molar-refractivity contribution in [1.82, 2.24) is 10.4 Å². The molecule has 3 rings (SSSR count). The maximum Gasteiger partial charge on any atom is 0.134 e. The monoisotopic (exact) mass is 278 g/mol. The van der Waals surface area contributed by atoms with Crippen molar-refractivity contribution >= 4 is 17.2 Å². The lowest BCUT2D eigenvalue weighted by atomic mass is 10.1. The van der Waals surface area contributed by atoms with Gasteiger partial charge in [-0.3, -0.25) is 5.84 Å². The lowest BCUT2D eigenvalue weighted by molar-refractivity contribution is 0.963. The molecule has 4 heteroatoms. The number of rotatable bonds is 3. The standard InChI is InChI=1S/C17H18N4/c1-11-7-8-14-10-21(13(3)15(14)9-11)17-6-4-5-16(19-17)12(2)20-18/h4-9,20H,2-3,10,18H2,1H3. The number of nitrogens with zero attached hydrogens (tertiary/aromatic N) is 2. The van der Waals surface area contributed by atoms with Crippen LogP contribution in [0.2, 0.25) is 0 Å². The lowest BCUT2D eigenvalue weighted by Gasteiger charge is -2.19. The Kier molecular flexibility index (Phi) is 3.23. The van der Waals surface area contributed by atoms with E-state index in [1.807, 2.05) is 18.2 Å². The summed E-state index contributed by atoms with van der Waals surface area (Å²) < 4.78 is 0. The zero-order valence-electron chi connectivity index (χ0n) is 12.1. The number of hydrogen-bond donors (Lipinski definition) is 2. The average molecular weight is 278 g/mol. The van der Waals surface area contributed by atoms with Crippen LogP contribution in [0.1, 0.15) is 22.4 Å². The Balaban J connectivity index is 1.97. The van der Waals surface area contributed by atoms with Gasteiger partial charge in [-0.05, 0) is 30.7 Å². The molecule has 4 nitrogen and oxygen atoms in total. The number of nitrogens with two attached hydrogens (primary N) is 1. The van der Waals surface area contributed by atoms with Crippen LogP contribution in [0.15, 0.2) is 49.6 Å². The van der Waals surface area contributed by atoms with Gasteiger partial charge in [0.15, 0.2) is 0 Å². The van der Waals surface area contributed by atoms with Gasteiger partial charge in [0, 0.05) is 11.3 Å². The van der Waals surface area contributed by atoms with Crippen molar-refractivity contribution in [3.05, 3.63) is 71.9 Å². The summed E-state index contributed by atoms with van der Waals surface area (Å²) in [6.07, 6.45) is 0. The van der Waals surface area contributed by atoms with Gasteiger partial charge in [-0.15, -0.1) is 0 Å². The Morgan fingerprint density at radius 3 is 2.90 bits per heavy atom. The molecule has 0 spiro atoms. The van der Waals surface area contributed by atoms with Crippen LogP contribution >= 0.6 is 0 Å². The fourth-order valence-corrected chi connectivity index (χ4v) is 2.54. The normalized spacial score (nSPS) is 13.2. The summed E-state index contributed by atoms with van der Waals surface area (Å²) in [5.74, 6) is 6.25. The van der Waals surface area contributed by atoms with E-state index in [2.05, 4.69) is 53.6 Å². The molecule has 21 heavy (non-hydrogen) atoms. The number of aryl methyl sites for hydroxylation is 1. The van der Waals surface area contributed by atoms with E-state index in [0.717, 1.165) is 23.8 Å². The third-order valence-corrected chi connectivity index (χ3v) is 3.72. The summed E-state index contributed by atoms with van der Waals surface area (Å²) >= 11 is 0. The van der Waals surface area contributed by atoms with Crippen LogP contribution in [0.25, 0.3) is 11.4 Å². The van der Waals surface area contributed by atoms with Crippen LogP contribution in [0.3, 0.4) is 0 Å². The summed E-state index contributed by atoms with van der Waals surface area (Å²) in [5.41, 5.74) is 8.54. The lowest BCUT2D eigenvalue weighted by Crippen LogP contribution is -2.21. The number of fused-ring (bicyclic) bond motifs is 1. The van der Waals surface area contributed by atoms with Gasteiger partial charge in [0.1, 0.15) is 5.82 Å². The maximum atomic E-state index is 5.40. The first-order chi connectivity index (χ1) is 10.1. The van der Waals surface area contributed by atoms with E-state index in [4.69, 9.17) is 5.84 Å². The highest BCUT2D eigenvalue weighted by molar-refractivity contribution is 5.83. The molecule has 1 aromatic carbocycles. The Morgan fingerprint density at radius 1 is 1.33 bits per heavy atom. The van der Waals surface area contributed by atoms with Crippen molar-refractivity contribution in [2.45, 2.75) is 13.5 Å². The molecular formula is C17H18N4. The molecule has 0 unspecified atom stereocenters. The number of anilines is 1. The quantitative estimate of drug-likeness (QED) is 0.669. The first-order valence-electron chi connectivity index (χ1n) is 6.79. The molecule has 0 bridgehead atoms. The van der Waals surface area contributed by atoms with Gasteiger partial charge in [-0.2, -0.15) is 0 Å². The molecule has 0 aliphatic carbocycles. The van der Waals surface area contributed by atoms with Crippen molar-refractivity contribution in [1.29, 1.82) is 0 Å². The van der Waals surface area contributed by atoms with E-state index in [1.54, 1.807) is 0 Å². The molecule has 2 aromatic rings. The third-order valence-electron chi connectivity index (χ3n) is 3.72. The molecule has 106 valence electrons. The smallest absolute Gasteiger partial charge is 0.134 e. The topological polar surface area (TPSA) is 54.2 Å². The van der Waals surface area contributed by atoms with Crippen molar-refractivity contribution in [2.24, 2.45) is 5.84 Å². The summed E-state index contributed by atoms with van der Waals surface area (Å²) in [7, 11) is 0. The van der Waals surface area contributed by atoms with Gasteiger partial charge < -0.3 is 10.3 Å². The predicted molar refractivity (Wildman–Crippen MR) is 87.0 cm³/mol. The maximum absolute atomic E-state index is 5.40. The number of nitrogens with one attached hydrogen (secondary N) is 1. The van der Waals surface area contributed by atoms with E-state index in [0.29, 0.717) is 5.70 Å². The summed E-state index contributed by atoms with van der Waals surface area (Å²) in [6, 6.07) is 12.2. The minimum absolute atomic E-state index is 0.593. The molecule has 2 heterocycles. The van der Waals surface area contributed by atoms with Crippen LogP contribution in [0, 0.1) is 6.92 Å². The van der Waals surface area contributed by atoms with Gasteiger partial charge in [0.25, 0.3) is 0 Å². The summed E-state index contributed by atoms with van der Waals surface area (Å²) in [5, 5.41) is 0. The Bertz CT molecular complexity index is 733. The SMILES string of the molecule is C=C(NN)c1cccc(N2Cc3ccc(C)cc3C2=C)n1. The van der Waals surface area contributed by atoms with Crippen LogP contribution in [-0.4, -0.2) is 4.98 Å². The zero-order valence-corrected chi connectivity index (χ0v) is 12.1. The fourth-order valence-electron chi connectivity index (χ4n) is 2.54. The number of hydrazine groups is 1. The van der Waals surface area contributed by atoms with Gasteiger partial charge >= 0.3 is 0 Å². The van der Waals surface area contributed by atoms with Crippen LogP contribution in [0.5, 0.6) is 0 Å².